The zero-order chi connectivity index (χ0) is 14.0. The lowest BCUT2D eigenvalue weighted by Crippen LogP contribution is -1.98. The molecule has 0 saturated carbocycles. The summed E-state index contributed by atoms with van der Waals surface area (Å²) in [7, 11) is 0. The van der Waals surface area contributed by atoms with Crippen LogP contribution in [0.3, 0.4) is 0 Å². The van der Waals surface area contributed by atoms with Crippen LogP contribution in [0.15, 0.2) is 24.5 Å². The van der Waals surface area contributed by atoms with E-state index in [-0.39, 0.29) is 6.01 Å². The van der Waals surface area contributed by atoms with Crippen molar-refractivity contribution < 1.29 is 18.4 Å². The monoisotopic (exact) mass is 379 g/mol. The van der Waals surface area contributed by atoms with Gasteiger partial charge in [-0.05, 0) is 22.6 Å². The maximum Gasteiger partial charge on any atom is 0.322 e. The molecule has 0 fully saturated rings. The summed E-state index contributed by atoms with van der Waals surface area (Å²) in [5.74, 6) is -2.80. The summed E-state index contributed by atoms with van der Waals surface area (Å²) in [5, 5.41) is 10.4. The second-order valence-corrected chi connectivity index (χ2v) is 4.52. The summed E-state index contributed by atoms with van der Waals surface area (Å²) in [4.78, 5) is 16.9. The van der Waals surface area contributed by atoms with E-state index in [0.29, 0.717) is 12.1 Å². The number of nitro benzene ring substituents is 1. The van der Waals surface area contributed by atoms with Crippen molar-refractivity contribution in [3.63, 3.8) is 0 Å². The van der Waals surface area contributed by atoms with Gasteiger partial charge in [-0.15, -0.1) is 0 Å². The molecule has 0 bridgehead atoms. The van der Waals surface area contributed by atoms with Crippen LogP contribution in [-0.4, -0.2) is 14.9 Å². The second kappa shape index (κ2) is 5.38. The van der Waals surface area contributed by atoms with Crippen molar-refractivity contribution in [2.45, 2.75) is 0 Å². The minimum absolute atomic E-state index is 0.187. The van der Waals surface area contributed by atoms with Crippen molar-refractivity contribution in [2.24, 2.45) is 0 Å². The van der Waals surface area contributed by atoms with Gasteiger partial charge in [-0.25, -0.2) is 14.4 Å². The lowest BCUT2D eigenvalue weighted by Gasteiger charge is -2.05. The summed E-state index contributed by atoms with van der Waals surface area (Å²) >= 11 is 1.96. The first-order chi connectivity index (χ1) is 8.97. The Morgan fingerprint density at radius 1 is 1.21 bits per heavy atom. The van der Waals surface area contributed by atoms with Crippen molar-refractivity contribution in [3.05, 3.63) is 49.8 Å². The number of rotatable bonds is 3. The number of benzene rings is 1. The van der Waals surface area contributed by atoms with Gasteiger partial charge < -0.3 is 4.74 Å². The summed E-state index contributed by atoms with van der Waals surface area (Å²) in [5.41, 5.74) is -0.964. The fourth-order valence-corrected chi connectivity index (χ4v) is 1.47. The van der Waals surface area contributed by atoms with Crippen molar-refractivity contribution in [2.75, 3.05) is 0 Å². The number of nitro groups is 1. The van der Waals surface area contributed by atoms with Gasteiger partial charge >= 0.3 is 11.7 Å². The third-order valence-electron chi connectivity index (χ3n) is 2.00. The molecule has 0 radical (unpaired) electrons. The molecule has 6 nitrogen and oxygen atoms in total. The molecule has 1 aromatic heterocycles. The van der Waals surface area contributed by atoms with Gasteiger partial charge in [0.25, 0.3) is 0 Å². The predicted molar refractivity (Wildman–Crippen MR) is 67.8 cm³/mol. The Bertz CT molecular complexity index is 637. The van der Waals surface area contributed by atoms with Crippen LogP contribution < -0.4 is 4.74 Å². The number of aromatic nitrogens is 2. The van der Waals surface area contributed by atoms with Gasteiger partial charge in [0.2, 0.25) is 5.82 Å². The Labute approximate surface area is 118 Å². The standard InChI is InChI=1S/C10H4F2IN3O3/c11-6-2-9(7(12)1-8(6)16(17)18)19-10-14-3-5(13)4-15-10/h1-4H. The van der Waals surface area contributed by atoms with E-state index >= 15 is 0 Å². The van der Waals surface area contributed by atoms with E-state index in [0.717, 1.165) is 3.57 Å². The second-order valence-electron chi connectivity index (χ2n) is 3.28. The van der Waals surface area contributed by atoms with E-state index in [2.05, 4.69) is 9.97 Å². The SMILES string of the molecule is O=[N+]([O-])c1cc(F)c(Oc2ncc(I)cn2)cc1F. The van der Waals surface area contributed by atoms with Crippen LogP contribution >= 0.6 is 22.6 Å². The first-order valence-electron chi connectivity index (χ1n) is 4.76. The average molecular weight is 379 g/mol. The first-order valence-corrected chi connectivity index (χ1v) is 5.84. The van der Waals surface area contributed by atoms with E-state index < -0.39 is 28.0 Å². The minimum atomic E-state index is -1.20. The van der Waals surface area contributed by atoms with E-state index in [9.17, 15) is 18.9 Å². The maximum absolute atomic E-state index is 13.5. The fraction of sp³-hybridized carbons (Fsp3) is 0. The van der Waals surface area contributed by atoms with Gasteiger partial charge in [-0.1, -0.05) is 0 Å². The highest BCUT2D eigenvalue weighted by molar-refractivity contribution is 14.1. The highest BCUT2D eigenvalue weighted by atomic mass is 127. The molecular weight excluding hydrogens is 375 g/mol. The van der Waals surface area contributed by atoms with E-state index in [1.165, 1.54) is 12.4 Å². The Morgan fingerprint density at radius 3 is 2.42 bits per heavy atom. The van der Waals surface area contributed by atoms with Crippen LogP contribution in [0.1, 0.15) is 0 Å². The summed E-state index contributed by atoms with van der Waals surface area (Å²) in [6.45, 7) is 0. The zero-order valence-corrected chi connectivity index (χ0v) is 11.2. The molecule has 0 aliphatic rings. The minimum Gasteiger partial charge on any atom is -0.421 e. The molecule has 0 aliphatic carbocycles. The molecule has 1 aromatic carbocycles. The zero-order valence-electron chi connectivity index (χ0n) is 9.01. The number of halogens is 3. The maximum atomic E-state index is 13.5. The van der Waals surface area contributed by atoms with Gasteiger partial charge in [-0.3, -0.25) is 10.1 Å². The van der Waals surface area contributed by atoms with Gasteiger partial charge in [0.05, 0.1) is 11.0 Å². The highest BCUT2D eigenvalue weighted by Crippen LogP contribution is 2.28. The van der Waals surface area contributed by atoms with E-state index in [1.54, 1.807) is 0 Å². The lowest BCUT2D eigenvalue weighted by atomic mass is 10.3. The molecule has 0 amide bonds. The quantitative estimate of drug-likeness (QED) is 0.466. The average Bonchev–Trinajstić information content (AvgIpc) is 2.35. The van der Waals surface area contributed by atoms with Crippen LogP contribution in [0.4, 0.5) is 14.5 Å². The molecule has 0 aliphatic heterocycles. The number of hydrogen-bond acceptors (Lipinski definition) is 5. The van der Waals surface area contributed by atoms with E-state index in [4.69, 9.17) is 4.74 Å². The number of hydrogen-bond donors (Lipinski definition) is 0. The van der Waals surface area contributed by atoms with Crippen molar-refractivity contribution in [1.29, 1.82) is 0 Å². The molecule has 0 saturated heterocycles. The summed E-state index contributed by atoms with van der Waals surface area (Å²) in [6, 6.07) is 0.833. The molecule has 19 heavy (non-hydrogen) atoms. The van der Waals surface area contributed by atoms with E-state index in [1.807, 2.05) is 22.6 Å². The van der Waals surface area contributed by atoms with Crippen molar-refractivity contribution >= 4 is 28.3 Å². The Kier molecular flexibility index (Phi) is 3.83. The van der Waals surface area contributed by atoms with Crippen LogP contribution in [0.2, 0.25) is 0 Å². The smallest absolute Gasteiger partial charge is 0.322 e. The Balaban J connectivity index is 2.33. The molecule has 1 heterocycles. The Hall–Kier alpha value is -1.91. The van der Waals surface area contributed by atoms with Crippen molar-refractivity contribution in [3.8, 4) is 11.8 Å². The predicted octanol–water partition coefficient (Wildman–Crippen LogP) is 3.06. The number of ether oxygens (including phenoxy) is 1. The molecule has 0 unspecified atom stereocenters. The highest BCUT2D eigenvalue weighted by Gasteiger charge is 2.20. The largest absolute Gasteiger partial charge is 0.421 e. The fourth-order valence-electron chi connectivity index (χ4n) is 1.19. The lowest BCUT2D eigenvalue weighted by molar-refractivity contribution is -0.387. The molecular formula is C10H4F2IN3O3. The van der Waals surface area contributed by atoms with Gasteiger partial charge in [0, 0.05) is 22.0 Å². The van der Waals surface area contributed by atoms with Crippen LogP contribution in [0.5, 0.6) is 11.8 Å². The molecule has 2 aromatic rings. The normalized spacial score (nSPS) is 10.3. The number of nitrogens with zero attached hydrogens (tertiary/aromatic N) is 3. The molecule has 9 heteroatoms. The van der Waals surface area contributed by atoms with Gasteiger partial charge in [0.15, 0.2) is 11.6 Å². The molecule has 2 rings (SSSR count). The Morgan fingerprint density at radius 2 is 1.84 bits per heavy atom. The topological polar surface area (TPSA) is 78.2 Å². The molecule has 98 valence electrons. The van der Waals surface area contributed by atoms with Crippen LogP contribution in [0.25, 0.3) is 0 Å². The van der Waals surface area contributed by atoms with Crippen molar-refractivity contribution in [1.82, 2.24) is 9.97 Å². The van der Waals surface area contributed by atoms with Crippen LogP contribution in [-0.2, 0) is 0 Å². The molecule has 0 spiro atoms. The van der Waals surface area contributed by atoms with Crippen LogP contribution in [0, 0.1) is 25.3 Å². The molecule has 0 N–H and O–H groups in total. The van der Waals surface area contributed by atoms with Gasteiger partial charge in [-0.2, -0.15) is 4.39 Å². The summed E-state index contributed by atoms with van der Waals surface area (Å²) in [6.07, 6.45) is 2.84. The summed E-state index contributed by atoms with van der Waals surface area (Å²) < 4.78 is 32.5. The first kappa shape index (κ1) is 13.5. The third-order valence-corrected chi connectivity index (χ3v) is 2.55. The van der Waals surface area contributed by atoms with Gasteiger partial charge in [0.1, 0.15) is 0 Å². The third kappa shape index (κ3) is 3.10. The molecule has 0 atom stereocenters.